The number of nitrogens with one attached hydrogen (secondary N) is 3. The maximum atomic E-state index is 12.3. The fraction of sp³-hybridized carbons (Fsp3) is 0.346. The van der Waals surface area contributed by atoms with Crippen LogP contribution in [0.3, 0.4) is 0 Å². The Morgan fingerprint density at radius 3 is 2.58 bits per heavy atom. The monoisotopic (exact) mass is 537 g/mol. The number of fused-ring (bicyclic) bond motifs is 1. The second-order valence-electron chi connectivity index (χ2n) is 9.58. The Labute approximate surface area is 221 Å². The molecule has 4 aromatic rings. The maximum absolute atomic E-state index is 12.3. The van der Waals surface area contributed by atoms with Gasteiger partial charge < -0.3 is 30.4 Å². The predicted molar refractivity (Wildman–Crippen MR) is 147 cm³/mol. The van der Waals surface area contributed by atoms with Crippen molar-refractivity contribution in [1.29, 1.82) is 0 Å². The van der Waals surface area contributed by atoms with Crippen LogP contribution in [0, 0.1) is 0 Å². The third kappa shape index (κ3) is 5.65. The van der Waals surface area contributed by atoms with Gasteiger partial charge in [-0.2, -0.15) is 9.97 Å². The zero-order valence-electron chi connectivity index (χ0n) is 21.5. The van der Waals surface area contributed by atoms with Crippen LogP contribution in [-0.2, 0) is 9.84 Å². The first kappa shape index (κ1) is 25.7. The second kappa shape index (κ2) is 10.5. The minimum absolute atomic E-state index is 0.0616. The molecule has 11 nitrogen and oxygen atoms in total. The number of anilines is 5. The number of sulfone groups is 1. The minimum Gasteiger partial charge on any atom is -0.489 e. The fourth-order valence-electron chi connectivity index (χ4n) is 4.41. The summed E-state index contributed by atoms with van der Waals surface area (Å²) >= 11 is 0. The molecule has 0 aliphatic carbocycles. The molecule has 0 spiro atoms. The number of aromatic amines is 1. The molecule has 2 aromatic heterocycles. The van der Waals surface area contributed by atoms with E-state index in [1.807, 2.05) is 32.0 Å². The van der Waals surface area contributed by atoms with Gasteiger partial charge in [0.25, 0.3) is 0 Å². The van der Waals surface area contributed by atoms with Crippen molar-refractivity contribution in [3.05, 3.63) is 48.8 Å². The molecule has 200 valence electrons. The van der Waals surface area contributed by atoms with Crippen LogP contribution in [0.5, 0.6) is 5.75 Å². The number of hydrogen-bond donors (Lipinski definition) is 4. The van der Waals surface area contributed by atoms with Gasteiger partial charge in [-0.3, -0.25) is 0 Å². The molecule has 2 aromatic carbocycles. The van der Waals surface area contributed by atoms with E-state index in [2.05, 4.69) is 35.5 Å². The zero-order chi connectivity index (χ0) is 26.9. The quantitative estimate of drug-likeness (QED) is 0.260. The number of aromatic nitrogens is 4. The molecule has 1 aliphatic heterocycles. The van der Waals surface area contributed by atoms with Crippen molar-refractivity contribution in [2.24, 2.45) is 0 Å². The van der Waals surface area contributed by atoms with Crippen LogP contribution in [0.2, 0.25) is 0 Å². The summed E-state index contributed by atoms with van der Waals surface area (Å²) in [6.45, 7) is 5.47. The largest absolute Gasteiger partial charge is 0.489 e. The van der Waals surface area contributed by atoms with Gasteiger partial charge in [0.1, 0.15) is 11.3 Å². The van der Waals surface area contributed by atoms with E-state index in [1.165, 1.54) is 6.33 Å². The number of ether oxygens (including phenoxy) is 1. The average Bonchev–Trinajstić information content (AvgIpc) is 3.34. The standard InChI is InChI=1S/C26H31N7O4S/c1-16(2)37-21-14-17(33-12-10-18(34)11-13-33)8-9-19(21)30-26-31-24-23(27-15-28-24)25(32-26)29-20-6-4-5-7-22(20)38(3,35)36/h4-9,14-16,18,34H,10-13H2,1-3H3,(H3,27,28,29,30,31,32). The van der Waals surface area contributed by atoms with Crippen LogP contribution in [0.25, 0.3) is 11.2 Å². The van der Waals surface area contributed by atoms with E-state index < -0.39 is 9.84 Å². The summed E-state index contributed by atoms with van der Waals surface area (Å²) < 4.78 is 30.8. The van der Waals surface area contributed by atoms with Crippen molar-refractivity contribution in [3.8, 4) is 5.75 Å². The Hall–Kier alpha value is -3.90. The lowest BCUT2D eigenvalue weighted by molar-refractivity contribution is 0.145. The van der Waals surface area contributed by atoms with E-state index >= 15 is 0 Å². The van der Waals surface area contributed by atoms with Crippen molar-refractivity contribution in [3.63, 3.8) is 0 Å². The number of aliphatic hydroxyl groups is 1. The molecule has 1 aliphatic rings. The molecule has 4 N–H and O–H groups in total. The molecule has 1 saturated heterocycles. The highest BCUT2D eigenvalue weighted by Crippen LogP contribution is 2.35. The number of H-pyrrole nitrogens is 1. The third-order valence-electron chi connectivity index (χ3n) is 6.23. The number of piperidine rings is 1. The van der Waals surface area contributed by atoms with Crippen LogP contribution in [0.4, 0.5) is 28.8 Å². The molecule has 1 fully saturated rings. The summed E-state index contributed by atoms with van der Waals surface area (Å²) in [6, 6.07) is 12.6. The molecule has 12 heteroatoms. The summed E-state index contributed by atoms with van der Waals surface area (Å²) in [5.41, 5.74) is 3.05. The Morgan fingerprint density at radius 2 is 1.84 bits per heavy atom. The summed E-state index contributed by atoms with van der Waals surface area (Å²) in [7, 11) is -3.47. The van der Waals surface area contributed by atoms with Crippen molar-refractivity contribution in [2.45, 2.75) is 43.8 Å². The number of benzene rings is 2. The summed E-state index contributed by atoms with van der Waals surface area (Å²) in [5.74, 6) is 1.29. The number of rotatable bonds is 8. The van der Waals surface area contributed by atoms with Crippen LogP contribution in [0.15, 0.2) is 53.7 Å². The van der Waals surface area contributed by atoms with Crippen molar-refractivity contribution in [1.82, 2.24) is 19.9 Å². The second-order valence-corrected chi connectivity index (χ2v) is 11.6. The van der Waals surface area contributed by atoms with Crippen LogP contribution >= 0.6 is 0 Å². The van der Waals surface area contributed by atoms with Crippen molar-refractivity contribution >= 4 is 49.8 Å². The predicted octanol–water partition coefficient (Wildman–Crippen LogP) is 3.99. The minimum atomic E-state index is -3.47. The van der Waals surface area contributed by atoms with Crippen molar-refractivity contribution in [2.75, 3.05) is 34.9 Å². The maximum Gasteiger partial charge on any atom is 0.231 e. The van der Waals surface area contributed by atoms with Gasteiger partial charge in [0, 0.05) is 31.1 Å². The number of hydrogen-bond acceptors (Lipinski definition) is 10. The normalized spacial score (nSPS) is 14.7. The smallest absolute Gasteiger partial charge is 0.231 e. The topological polar surface area (TPSA) is 145 Å². The van der Waals surface area contributed by atoms with E-state index in [9.17, 15) is 13.5 Å². The molecule has 38 heavy (non-hydrogen) atoms. The van der Waals surface area contributed by atoms with E-state index in [-0.39, 0.29) is 23.1 Å². The number of nitrogens with zero attached hydrogens (tertiary/aromatic N) is 4. The summed E-state index contributed by atoms with van der Waals surface area (Å²) in [5, 5.41) is 16.3. The number of para-hydroxylation sites is 1. The van der Waals surface area contributed by atoms with E-state index in [0.29, 0.717) is 34.1 Å². The molecular formula is C26H31N7O4S. The first-order chi connectivity index (χ1) is 18.2. The van der Waals surface area contributed by atoms with Gasteiger partial charge in [-0.05, 0) is 51.0 Å². The Bertz CT molecular complexity index is 1550. The van der Waals surface area contributed by atoms with Gasteiger partial charge in [-0.1, -0.05) is 12.1 Å². The highest BCUT2D eigenvalue weighted by Gasteiger charge is 2.20. The van der Waals surface area contributed by atoms with Crippen molar-refractivity contribution < 1.29 is 18.3 Å². The lowest BCUT2D eigenvalue weighted by atomic mass is 10.1. The number of aliphatic hydroxyl groups excluding tert-OH is 1. The molecule has 0 bridgehead atoms. The van der Waals surface area contributed by atoms with Crippen LogP contribution in [0.1, 0.15) is 26.7 Å². The fourth-order valence-corrected chi connectivity index (χ4v) is 5.25. The Morgan fingerprint density at radius 1 is 1.08 bits per heavy atom. The molecule has 0 atom stereocenters. The molecule has 0 radical (unpaired) electrons. The lowest BCUT2D eigenvalue weighted by Crippen LogP contribution is -2.35. The van der Waals surface area contributed by atoms with Gasteiger partial charge in [0.15, 0.2) is 21.3 Å². The summed E-state index contributed by atoms with van der Waals surface area (Å²) in [6.07, 6.45) is 3.83. The molecular weight excluding hydrogens is 506 g/mol. The molecule has 0 unspecified atom stereocenters. The summed E-state index contributed by atoms with van der Waals surface area (Å²) in [4.78, 5) is 18.9. The van der Waals surface area contributed by atoms with Gasteiger partial charge >= 0.3 is 0 Å². The Kier molecular flexibility index (Phi) is 7.09. The van der Waals surface area contributed by atoms with E-state index in [1.54, 1.807) is 24.3 Å². The SMILES string of the molecule is CC(C)Oc1cc(N2CCC(O)CC2)ccc1Nc1nc(Nc2ccccc2S(C)(=O)=O)c2[nH]cnc2n1. The first-order valence-electron chi connectivity index (χ1n) is 12.5. The molecule has 5 rings (SSSR count). The van der Waals surface area contributed by atoms with Gasteiger partial charge in [-0.25, -0.2) is 13.4 Å². The number of imidazole rings is 1. The van der Waals surface area contributed by atoms with Gasteiger partial charge in [-0.15, -0.1) is 0 Å². The first-order valence-corrected chi connectivity index (χ1v) is 14.3. The van der Waals surface area contributed by atoms with Crippen LogP contribution in [-0.4, -0.2) is 65.0 Å². The lowest BCUT2D eigenvalue weighted by Gasteiger charge is -2.32. The third-order valence-corrected chi connectivity index (χ3v) is 7.38. The van der Waals surface area contributed by atoms with Gasteiger partial charge in [0.05, 0.1) is 34.8 Å². The average molecular weight is 538 g/mol. The zero-order valence-corrected chi connectivity index (χ0v) is 22.3. The van der Waals surface area contributed by atoms with Crippen LogP contribution < -0.4 is 20.3 Å². The van der Waals surface area contributed by atoms with E-state index in [4.69, 9.17) is 4.74 Å². The highest BCUT2D eigenvalue weighted by atomic mass is 32.2. The highest BCUT2D eigenvalue weighted by molar-refractivity contribution is 7.90. The molecule has 0 saturated carbocycles. The van der Waals surface area contributed by atoms with E-state index in [0.717, 1.165) is 37.9 Å². The molecule has 0 amide bonds. The molecule has 3 heterocycles. The van der Waals surface area contributed by atoms with Gasteiger partial charge in [0.2, 0.25) is 5.95 Å². The Balaban J connectivity index is 1.48.